The van der Waals surface area contributed by atoms with Gasteiger partial charge in [-0.3, -0.25) is 0 Å². The van der Waals surface area contributed by atoms with E-state index in [9.17, 15) is 0 Å². The highest BCUT2D eigenvalue weighted by molar-refractivity contribution is 5.71. The smallest absolute Gasteiger partial charge is 0.119 e. The van der Waals surface area contributed by atoms with Crippen molar-refractivity contribution in [2.24, 2.45) is 5.73 Å². The second-order valence-electron chi connectivity index (χ2n) is 3.84. The monoisotopic (exact) mass is 203 g/mol. The van der Waals surface area contributed by atoms with Crippen LogP contribution in [0, 0.1) is 0 Å². The first-order valence-electron chi connectivity index (χ1n) is 5.41. The Balaban J connectivity index is 2.44. The molecule has 15 heavy (non-hydrogen) atoms. The molecule has 0 amide bonds. The first kappa shape index (κ1) is 10.2. The van der Waals surface area contributed by atoms with Crippen LogP contribution in [-0.2, 0) is 6.42 Å². The van der Waals surface area contributed by atoms with Crippen LogP contribution < -0.4 is 10.5 Å². The minimum absolute atomic E-state index is 0.617. The van der Waals surface area contributed by atoms with E-state index in [0.29, 0.717) is 6.54 Å². The zero-order chi connectivity index (χ0) is 10.7. The standard InChI is InChI=1S/C13H17NO/c1-15-12-6-5-10-3-2-4-11(7-8-14)13(10)9-12/h5-7,9H,2-4,8,14H2,1H3. The number of hydrogen-bond acceptors (Lipinski definition) is 2. The molecule has 0 aliphatic heterocycles. The van der Waals surface area contributed by atoms with Crippen molar-refractivity contribution < 1.29 is 4.74 Å². The molecule has 80 valence electrons. The number of rotatable bonds is 2. The van der Waals surface area contributed by atoms with Gasteiger partial charge >= 0.3 is 0 Å². The summed E-state index contributed by atoms with van der Waals surface area (Å²) in [7, 11) is 1.71. The maximum Gasteiger partial charge on any atom is 0.119 e. The van der Waals surface area contributed by atoms with Crippen LogP contribution in [0.15, 0.2) is 24.3 Å². The molecule has 0 saturated heterocycles. The highest BCUT2D eigenvalue weighted by atomic mass is 16.5. The van der Waals surface area contributed by atoms with Crippen LogP contribution in [0.2, 0.25) is 0 Å². The van der Waals surface area contributed by atoms with Crippen molar-refractivity contribution in [3.8, 4) is 5.75 Å². The van der Waals surface area contributed by atoms with Gasteiger partial charge < -0.3 is 10.5 Å². The van der Waals surface area contributed by atoms with Gasteiger partial charge in [0.25, 0.3) is 0 Å². The van der Waals surface area contributed by atoms with Gasteiger partial charge in [0.15, 0.2) is 0 Å². The fraction of sp³-hybridized carbons (Fsp3) is 0.385. The van der Waals surface area contributed by atoms with Gasteiger partial charge in [0.2, 0.25) is 0 Å². The minimum Gasteiger partial charge on any atom is -0.497 e. The third-order valence-electron chi connectivity index (χ3n) is 2.92. The molecule has 2 N–H and O–H groups in total. The quantitative estimate of drug-likeness (QED) is 0.801. The maximum absolute atomic E-state index is 5.58. The number of fused-ring (bicyclic) bond motifs is 1. The summed E-state index contributed by atoms with van der Waals surface area (Å²) in [5, 5.41) is 0. The van der Waals surface area contributed by atoms with E-state index in [1.807, 2.05) is 6.07 Å². The normalized spacial score (nSPS) is 17.6. The molecule has 0 aromatic heterocycles. The topological polar surface area (TPSA) is 35.2 Å². The van der Waals surface area contributed by atoms with E-state index >= 15 is 0 Å². The third kappa shape index (κ3) is 2.05. The van der Waals surface area contributed by atoms with E-state index in [-0.39, 0.29) is 0 Å². The van der Waals surface area contributed by atoms with E-state index in [4.69, 9.17) is 10.5 Å². The van der Waals surface area contributed by atoms with Gasteiger partial charge in [-0.15, -0.1) is 0 Å². The molecular formula is C13H17NO. The predicted octanol–water partition coefficient (Wildman–Crippen LogP) is 2.37. The van der Waals surface area contributed by atoms with Crippen LogP contribution in [0.5, 0.6) is 5.75 Å². The zero-order valence-corrected chi connectivity index (χ0v) is 9.12. The molecule has 0 bridgehead atoms. The van der Waals surface area contributed by atoms with E-state index in [1.54, 1.807) is 7.11 Å². The molecule has 1 aliphatic carbocycles. The summed E-state index contributed by atoms with van der Waals surface area (Å²) in [6.07, 6.45) is 5.65. The summed E-state index contributed by atoms with van der Waals surface area (Å²) in [6.45, 7) is 0.617. The molecule has 2 heteroatoms. The molecule has 1 aromatic rings. The number of benzene rings is 1. The lowest BCUT2D eigenvalue weighted by Crippen LogP contribution is -2.04. The summed E-state index contributed by atoms with van der Waals surface area (Å²) in [5.41, 5.74) is 9.70. The largest absolute Gasteiger partial charge is 0.497 e. The van der Waals surface area contributed by atoms with Crippen molar-refractivity contribution in [2.45, 2.75) is 19.3 Å². The van der Waals surface area contributed by atoms with Gasteiger partial charge in [-0.1, -0.05) is 12.1 Å². The summed E-state index contributed by atoms with van der Waals surface area (Å²) < 4.78 is 5.25. The molecule has 1 aromatic carbocycles. The Bertz CT molecular complexity index is 382. The van der Waals surface area contributed by atoms with E-state index in [1.165, 1.54) is 29.5 Å². The fourth-order valence-corrected chi connectivity index (χ4v) is 2.16. The first-order chi connectivity index (χ1) is 7.35. The SMILES string of the molecule is COc1ccc2c(c1)C(=CCN)CCC2. The zero-order valence-electron chi connectivity index (χ0n) is 9.12. The van der Waals surface area contributed by atoms with E-state index in [2.05, 4.69) is 18.2 Å². The Kier molecular flexibility index (Phi) is 3.07. The third-order valence-corrected chi connectivity index (χ3v) is 2.92. The first-order valence-corrected chi connectivity index (χ1v) is 5.41. The number of allylic oxidation sites excluding steroid dienone is 1. The molecule has 0 unspecified atom stereocenters. The molecule has 1 aliphatic rings. The number of nitrogens with two attached hydrogens (primary N) is 1. The maximum atomic E-state index is 5.58. The fourth-order valence-electron chi connectivity index (χ4n) is 2.16. The molecular weight excluding hydrogens is 186 g/mol. The van der Waals surface area contributed by atoms with Crippen molar-refractivity contribution in [3.63, 3.8) is 0 Å². The average Bonchev–Trinajstić information content (AvgIpc) is 2.29. The molecule has 2 nitrogen and oxygen atoms in total. The van der Waals surface area contributed by atoms with Crippen LogP contribution in [-0.4, -0.2) is 13.7 Å². The Morgan fingerprint density at radius 2 is 2.27 bits per heavy atom. The molecule has 0 fully saturated rings. The second-order valence-corrected chi connectivity index (χ2v) is 3.84. The lowest BCUT2D eigenvalue weighted by molar-refractivity contribution is 0.414. The van der Waals surface area contributed by atoms with Gasteiger partial charge in [0.1, 0.15) is 5.75 Å². The number of aryl methyl sites for hydroxylation is 1. The van der Waals surface area contributed by atoms with Crippen molar-refractivity contribution in [3.05, 3.63) is 35.4 Å². The van der Waals surface area contributed by atoms with Crippen LogP contribution in [0.4, 0.5) is 0 Å². The molecule has 2 rings (SSSR count). The van der Waals surface area contributed by atoms with Crippen LogP contribution in [0.3, 0.4) is 0 Å². The number of methoxy groups -OCH3 is 1. The minimum atomic E-state index is 0.617. The van der Waals surface area contributed by atoms with Crippen molar-refractivity contribution in [1.29, 1.82) is 0 Å². The summed E-state index contributed by atoms with van der Waals surface area (Å²) in [4.78, 5) is 0. The Morgan fingerprint density at radius 1 is 1.40 bits per heavy atom. The molecule has 0 atom stereocenters. The highest BCUT2D eigenvalue weighted by Gasteiger charge is 2.14. The molecule has 0 heterocycles. The predicted molar refractivity (Wildman–Crippen MR) is 63.0 cm³/mol. The van der Waals surface area contributed by atoms with Gasteiger partial charge in [-0.05, 0) is 48.1 Å². The van der Waals surface area contributed by atoms with E-state index in [0.717, 1.165) is 12.2 Å². The Labute approximate surface area is 90.7 Å². The number of ether oxygens (including phenoxy) is 1. The Hall–Kier alpha value is -1.28. The van der Waals surface area contributed by atoms with Crippen molar-refractivity contribution in [2.75, 3.05) is 13.7 Å². The van der Waals surface area contributed by atoms with Crippen molar-refractivity contribution in [1.82, 2.24) is 0 Å². The van der Waals surface area contributed by atoms with Crippen LogP contribution in [0.25, 0.3) is 5.57 Å². The summed E-state index contributed by atoms with van der Waals surface area (Å²) >= 11 is 0. The average molecular weight is 203 g/mol. The molecule has 0 saturated carbocycles. The lowest BCUT2D eigenvalue weighted by atomic mass is 9.87. The second kappa shape index (κ2) is 4.49. The van der Waals surface area contributed by atoms with Crippen LogP contribution >= 0.6 is 0 Å². The lowest BCUT2D eigenvalue weighted by Gasteiger charge is -2.19. The molecule has 0 radical (unpaired) electrons. The number of hydrogen-bond donors (Lipinski definition) is 1. The summed E-state index contributed by atoms with van der Waals surface area (Å²) in [6, 6.07) is 6.32. The van der Waals surface area contributed by atoms with Crippen molar-refractivity contribution >= 4 is 5.57 Å². The van der Waals surface area contributed by atoms with Gasteiger partial charge in [-0.25, -0.2) is 0 Å². The van der Waals surface area contributed by atoms with Gasteiger partial charge in [-0.2, -0.15) is 0 Å². The van der Waals surface area contributed by atoms with E-state index < -0.39 is 0 Å². The van der Waals surface area contributed by atoms with Gasteiger partial charge in [0, 0.05) is 6.54 Å². The Morgan fingerprint density at radius 3 is 3.00 bits per heavy atom. The molecule has 0 spiro atoms. The van der Waals surface area contributed by atoms with Gasteiger partial charge in [0.05, 0.1) is 7.11 Å². The van der Waals surface area contributed by atoms with Crippen LogP contribution in [0.1, 0.15) is 24.0 Å². The highest BCUT2D eigenvalue weighted by Crippen LogP contribution is 2.32. The summed E-state index contributed by atoms with van der Waals surface area (Å²) in [5.74, 6) is 0.929.